The monoisotopic (exact) mass is 483 g/mol. The van der Waals surface area contributed by atoms with Gasteiger partial charge in [-0.25, -0.2) is 0 Å². The molecule has 1 aliphatic rings. The lowest BCUT2D eigenvalue weighted by atomic mass is 10.0. The van der Waals surface area contributed by atoms with E-state index in [-0.39, 0.29) is 11.4 Å². The lowest BCUT2D eigenvalue weighted by Gasteiger charge is -2.33. The third-order valence-electron chi connectivity index (χ3n) is 5.49. The van der Waals surface area contributed by atoms with E-state index in [0.717, 1.165) is 0 Å². The molecule has 1 aromatic heterocycles. The third-order valence-corrected chi connectivity index (χ3v) is 6.54. The number of hydrogen-bond donors (Lipinski definition) is 2. The molecular formula is C24H21F2N4O3S+. The smallest absolute Gasteiger partial charge is 0.320 e. The lowest BCUT2D eigenvalue weighted by molar-refractivity contribution is -0.448. The molecule has 0 saturated carbocycles. The zero-order valence-electron chi connectivity index (χ0n) is 18.3. The number of ether oxygens (including phenoxy) is 1. The number of para-hydroxylation sites is 1. The van der Waals surface area contributed by atoms with E-state index in [4.69, 9.17) is 4.74 Å². The highest BCUT2D eigenvalue weighted by Crippen LogP contribution is 2.35. The van der Waals surface area contributed by atoms with Gasteiger partial charge in [0.15, 0.2) is 6.17 Å². The van der Waals surface area contributed by atoms with E-state index in [0.29, 0.717) is 49.3 Å². The number of methoxy groups -OCH3 is 1. The minimum absolute atomic E-state index is 0.265. The van der Waals surface area contributed by atoms with Crippen molar-refractivity contribution in [3.05, 3.63) is 82.0 Å². The van der Waals surface area contributed by atoms with E-state index in [1.54, 1.807) is 49.4 Å². The number of nitrogens with zero attached hydrogens (tertiary/aromatic N) is 2. The molecular weight excluding hydrogens is 462 g/mol. The maximum absolute atomic E-state index is 13.3. The van der Waals surface area contributed by atoms with E-state index < -0.39 is 18.5 Å². The van der Waals surface area contributed by atoms with Gasteiger partial charge in [0, 0.05) is 23.1 Å². The van der Waals surface area contributed by atoms with Gasteiger partial charge in [-0.2, -0.15) is 24.1 Å². The van der Waals surface area contributed by atoms with Gasteiger partial charge < -0.3 is 10.1 Å². The maximum atomic E-state index is 13.3. The average Bonchev–Trinajstić information content (AvgIpc) is 2.84. The largest absolute Gasteiger partial charge is 0.496 e. The normalized spacial score (nSPS) is 15.0. The summed E-state index contributed by atoms with van der Waals surface area (Å²) in [6.07, 6.45) is -3.53. The number of fused-ring (bicyclic) bond motifs is 1. The number of aryl methyl sites for hydroxylation is 1. The first kappa shape index (κ1) is 23.5. The van der Waals surface area contributed by atoms with Crippen molar-refractivity contribution >= 4 is 23.4 Å². The van der Waals surface area contributed by atoms with Crippen molar-refractivity contribution < 1.29 is 28.5 Å². The number of aromatic nitrogens is 1. The SMILES string of the molecule is COc1ccc(C2Nc3ccccc3C(=O)N2O)cc1CSc1[nH+]c(C(F)F)cc(C)c1C#N. The van der Waals surface area contributed by atoms with Gasteiger partial charge in [0.25, 0.3) is 10.9 Å². The number of thioether (sulfide) groups is 1. The fraction of sp³-hybridized carbons (Fsp3) is 0.208. The second-order valence-corrected chi connectivity index (χ2v) is 8.61. The zero-order valence-corrected chi connectivity index (χ0v) is 19.1. The zero-order chi connectivity index (χ0) is 24.4. The number of alkyl halides is 2. The Morgan fingerprint density at radius 2 is 2.06 bits per heavy atom. The summed E-state index contributed by atoms with van der Waals surface area (Å²) in [6, 6.07) is 15.4. The minimum Gasteiger partial charge on any atom is -0.496 e. The molecule has 2 heterocycles. The van der Waals surface area contributed by atoms with Crippen LogP contribution in [0.5, 0.6) is 5.75 Å². The van der Waals surface area contributed by atoms with Gasteiger partial charge in [-0.05, 0) is 42.3 Å². The number of benzene rings is 2. The predicted octanol–water partition coefficient (Wildman–Crippen LogP) is 4.88. The molecule has 4 rings (SSSR count). The van der Waals surface area contributed by atoms with Crippen LogP contribution in [0.2, 0.25) is 0 Å². The van der Waals surface area contributed by atoms with Gasteiger partial charge in [-0.3, -0.25) is 10.0 Å². The van der Waals surface area contributed by atoms with Gasteiger partial charge in [0.1, 0.15) is 17.4 Å². The molecule has 174 valence electrons. The Morgan fingerprint density at radius 3 is 2.76 bits per heavy atom. The van der Waals surface area contributed by atoms with E-state index in [1.807, 2.05) is 0 Å². The number of halogens is 2. The van der Waals surface area contributed by atoms with Crippen molar-refractivity contribution in [1.29, 1.82) is 5.26 Å². The van der Waals surface area contributed by atoms with Crippen LogP contribution >= 0.6 is 11.8 Å². The molecule has 0 saturated heterocycles. The number of rotatable bonds is 6. The van der Waals surface area contributed by atoms with Crippen LogP contribution < -0.4 is 15.0 Å². The van der Waals surface area contributed by atoms with Crippen LogP contribution in [0.1, 0.15) is 50.9 Å². The number of carbonyl (C=O) groups excluding carboxylic acids is 1. The number of hydrogen-bond acceptors (Lipinski definition) is 6. The van der Waals surface area contributed by atoms with Gasteiger partial charge in [-0.1, -0.05) is 30.0 Å². The van der Waals surface area contributed by atoms with Gasteiger partial charge in [0.2, 0.25) is 5.69 Å². The summed E-state index contributed by atoms with van der Waals surface area (Å²) in [6.45, 7) is 1.61. The van der Waals surface area contributed by atoms with Gasteiger partial charge in [-0.15, -0.1) is 0 Å². The molecule has 3 N–H and O–H groups in total. The fourth-order valence-electron chi connectivity index (χ4n) is 3.78. The lowest BCUT2D eigenvalue weighted by Crippen LogP contribution is -2.40. The van der Waals surface area contributed by atoms with Crippen LogP contribution in [-0.2, 0) is 5.75 Å². The Morgan fingerprint density at radius 1 is 1.29 bits per heavy atom. The molecule has 0 fully saturated rings. The van der Waals surface area contributed by atoms with E-state index in [2.05, 4.69) is 16.4 Å². The number of nitriles is 1. The summed E-state index contributed by atoms with van der Waals surface area (Å²) in [5.74, 6) is 0.305. The van der Waals surface area contributed by atoms with Crippen molar-refractivity contribution in [2.75, 3.05) is 12.4 Å². The first-order valence-electron chi connectivity index (χ1n) is 10.3. The summed E-state index contributed by atoms with van der Waals surface area (Å²) in [7, 11) is 1.51. The van der Waals surface area contributed by atoms with E-state index in [1.165, 1.54) is 24.9 Å². The van der Waals surface area contributed by atoms with Crippen LogP contribution in [0.3, 0.4) is 0 Å². The molecule has 2 aromatic carbocycles. The first-order chi connectivity index (χ1) is 16.3. The number of amides is 1. The number of hydroxylamine groups is 2. The van der Waals surface area contributed by atoms with Crippen molar-refractivity contribution in [2.45, 2.75) is 30.3 Å². The van der Waals surface area contributed by atoms with Crippen LogP contribution in [0.25, 0.3) is 0 Å². The Balaban J connectivity index is 1.65. The quantitative estimate of drug-likeness (QED) is 0.383. The predicted molar refractivity (Wildman–Crippen MR) is 121 cm³/mol. The molecule has 7 nitrogen and oxygen atoms in total. The summed E-state index contributed by atoms with van der Waals surface area (Å²) < 4.78 is 32.0. The number of pyridine rings is 1. The maximum Gasteiger partial charge on any atom is 0.320 e. The molecule has 0 spiro atoms. The molecule has 3 aromatic rings. The second-order valence-electron chi connectivity index (χ2n) is 7.63. The second kappa shape index (κ2) is 9.67. The molecule has 0 aliphatic carbocycles. The highest BCUT2D eigenvalue weighted by molar-refractivity contribution is 7.98. The van der Waals surface area contributed by atoms with Gasteiger partial charge >= 0.3 is 6.43 Å². The Bertz CT molecular complexity index is 1300. The highest BCUT2D eigenvalue weighted by Gasteiger charge is 2.32. The highest BCUT2D eigenvalue weighted by atomic mass is 32.2. The molecule has 1 amide bonds. The average molecular weight is 484 g/mol. The van der Waals surface area contributed by atoms with Crippen molar-refractivity contribution in [3.8, 4) is 11.8 Å². The van der Waals surface area contributed by atoms with E-state index in [9.17, 15) is 24.0 Å². The third kappa shape index (κ3) is 4.40. The molecule has 1 aliphatic heterocycles. The van der Waals surface area contributed by atoms with E-state index >= 15 is 0 Å². The van der Waals surface area contributed by atoms with Crippen molar-refractivity contribution in [3.63, 3.8) is 0 Å². The molecule has 34 heavy (non-hydrogen) atoms. The summed E-state index contributed by atoms with van der Waals surface area (Å²) in [5, 5.41) is 24.1. The van der Waals surface area contributed by atoms with Gasteiger partial charge in [0.05, 0.1) is 12.7 Å². The molecule has 0 radical (unpaired) electrons. The number of aromatic amines is 1. The fourth-order valence-corrected chi connectivity index (χ4v) is 4.85. The minimum atomic E-state index is -2.70. The van der Waals surface area contributed by atoms with Crippen LogP contribution in [-0.4, -0.2) is 23.3 Å². The Kier molecular flexibility index (Phi) is 6.68. The standard InChI is InChI=1S/C24H20F2N4O3S/c1-13-9-19(21(25)26)29-23(17(13)11-27)34-12-15-10-14(7-8-20(15)33-2)22-28-18-6-4-3-5-16(18)24(31)30(22)32/h3-10,21-22,28,32H,12H2,1-2H3/p+1. The number of anilines is 1. The van der Waals surface area contributed by atoms with Crippen LogP contribution in [0.15, 0.2) is 53.6 Å². The molecule has 0 bridgehead atoms. The summed E-state index contributed by atoms with van der Waals surface area (Å²) in [5.41, 5.74) is 2.75. The summed E-state index contributed by atoms with van der Waals surface area (Å²) in [4.78, 5) is 15.3. The number of carbonyl (C=O) groups is 1. The summed E-state index contributed by atoms with van der Waals surface area (Å²) >= 11 is 1.19. The molecule has 1 atom stereocenters. The molecule has 10 heteroatoms. The Labute approximate surface area is 198 Å². The Hall–Kier alpha value is -3.68. The topological polar surface area (TPSA) is 99.7 Å². The molecule has 1 unspecified atom stereocenters. The number of H-pyrrole nitrogens is 1. The van der Waals surface area contributed by atoms with Crippen LogP contribution in [0.4, 0.5) is 14.5 Å². The van der Waals surface area contributed by atoms with Crippen molar-refractivity contribution in [1.82, 2.24) is 5.06 Å². The van der Waals surface area contributed by atoms with Crippen LogP contribution in [0, 0.1) is 18.3 Å². The first-order valence-corrected chi connectivity index (χ1v) is 11.2. The van der Waals surface area contributed by atoms with Crippen molar-refractivity contribution in [2.24, 2.45) is 0 Å². The number of nitrogens with one attached hydrogen (secondary N) is 2.